The minimum absolute atomic E-state index is 0.0224. The Hall–Kier alpha value is -2.64. The van der Waals surface area contributed by atoms with Gasteiger partial charge in [0.25, 0.3) is 5.91 Å². The molecule has 0 spiro atoms. The van der Waals surface area contributed by atoms with Crippen molar-refractivity contribution in [3.8, 4) is 5.75 Å². The summed E-state index contributed by atoms with van der Waals surface area (Å²) in [5.41, 5.74) is 1.02. The van der Waals surface area contributed by atoms with E-state index in [0.29, 0.717) is 26.2 Å². The fourth-order valence-electron chi connectivity index (χ4n) is 2.39. The molecule has 3 rings (SSSR count). The summed E-state index contributed by atoms with van der Waals surface area (Å²) in [7, 11) is 1.54. The third kappa shape index (κ3) is 3.42. The third-order valence-corrected chi connectivity index (χ3v) is 4.87. The van der Waals surface area contributed by atoms with E-state index in [1.165, 1.54) is 17.0 Å². The van der Waals surface area contributed by atoms with Gasteiger partial charge in [0.15, 0.2) is 4.32 Å². The molecule has 0 aromatic heterocycles. The molecule has 1 fully saturated rings. The van der Waals surface area contributed by atoms with Crippen LogP contribution in [0.3, 0.4) is 0 Å². The number of ether oxygens (including phenoxy) is 1. The monoisotopic (exact) mass is 370 g/mol. The molecule has 1 heterocycles. The van der Waals surface area contributed by atoms with Crippen LogP contribution in [0.5, 0.6) is 5.75 Å². The van der Waals surface area contributed by atoms with Gasteiger partial charge >= 0.3 is 0 Å². The molecule has 0 saturated carbocycles. The molecular weight excluding hydrogens is 358 g/mol. The maximum absolute atomic E-state index is 12.7. The molecular formula is C18H12NO4S2-. The second-order valence-corrected chi connectivity index (χ2v) is 6.77. The molecule has 0 bridgehead atoms. The average Bonchev–Trinajstić information content (AvgIpc) is 2.89. The van der Waals surface area contributed by atoms with Crippen LogP contribution in [0.4, 0.5) is 5.69 Å². The molecule has 1 aliphatic heterocycles. The Bertz CT molecular complexity index is 907. The van der Waals surface area contributed by atoms with Crippen molar-refractivity contribution in [2.24, 2.45) is 0 Å². The van der Waals surface area contributed by atoms with E-state index in [-0.39, 0.29) is 11.5 Å². The zero-order valence-electron chi connectivity index (χ0n) is 13.1. The SMILES string of the molecule is COc1cccc(N2C(=O)/C(=C/c3ccccc3C(=O)[O-])SC2=S)c1. The molecule has 0 N–H and O–H groups in total. The first-order valence-corrected chi connectivity index (χ1v) is 8.46. The van der Waals surface area contributed by atoms with E-state index in [2.05, 4.69) is 0 Å². The molecule has 1 amide bonds. The minimum atomic E-state index is -1.30. The fraction of sp³-hybridized carbons (Fsp3) is 0.0556. The number of carboxylic acid groups (broad SMARTS) is 1. The van der Waals surface area contributed by atoms with Gasteiger partial charge in [-0.3, -0.25) is 9.69 Å². The van der Waals surface area contributed by atoms with E-state index >= 15 is 0 Å². The minimum Gasteiger partial charge on any atom is -0.545 e. The van der Waals surface area contributed by atoms with Crippen molar-refractivity contribution in [2.45, 2.75) is 0 Å². The van der Waals surface area contributed by atoms with Gasteiger partial charge in [-0.15, -0.1) is 0 Å². The van der Waals surface area contributed by atoms with E-state index in [4.69, 9.17) is 17.0 Å². The lowest BCUT2D eigenvalue weighted by molar-refractivity contribution is -0.255. The first kappa shape index (κ1) is 17.2. The van der Waals surface area contributed by atoms with Crippen LogP contribution in [0.1, 0.15) is 15.9 Å². The van der Waals surface area contributed by atoms with E-state index < -0.39 is 5.97 Å². The first-order chi connectivity index (χ1) is 12.0. The Labute approximate surface area is 153 Å². The number of nitrogens with zero attached hydrogens (tertiary/aromatic N) is 1. The first-order valence-electron chi connectivity index (χ1n) is 7.23. The predicted octanol–water partition coefficient (Wildman–Crippen LogP) is 2.46. The van der Waals surface area contributed by atoms with Crippen molar-refractivity contribution >= 4 is 51.9 Å². The highest BCUT2D eigenvalue weighted by atomic mass is 32.2. The zero-order chi connectivity index (χ0) is 18.0. The van der Waals surface area contributed by atoms with Gasteiger partial charge in [-0.2, -0.15) is 0 Å². The Morgan fingerprint density at radius 1 is 1.24 bits per heavy atom. The highest BCUT2D eigenvalue weighted by Gasteiger charge is 2.33. The van der Waals surface area contributed by atoms with Crippen LogP contribution in [0.25, 0.3) is 6.08 Å². The molecule has 0 atom stereocenters. The summed E-state index contributed by atoms with van der Waals surface area (Å²) in [6.45, 7) is 0. The number of hydrogen-bond donors (Lipinski definition) is 0. The summed E-state index contributed by atoms with van der Waals surface area (Å²) in [5.74, 6) is -0.996. The number of anilines is 1. The average molecular weight is 370 g/mol. The molecule has 1 aliphatic rings. The molecule has 5 nitrogen and oxygen atoms in total. The summed E-state index contributed by atoms with van der Waals surface area (Å²) in [6, 6.07) is 13.3. The van der Waals surface area contributed by atoms with E-state index in [1.807, 2.05) is 0 Å². The summed E-state index contributed by atoms with van der Waals surface area (Å²) in [6.07, 6.45) is 1.52. The highest BCUT2D eigenvalue weighted by Crippen LogP contribution is 2.37. The van der Waals surface area contributed by atoms with Crippen molar-refractivity contribution in [2.75, 3.05) is 12.0 Å². The summed E-state index contributed by atoms with van der Waals surface area (Å²) in [4.78, 5) is 25.7. The van der Waals surface area contributed by atoms with Gasteiger partial charge in [-0.25, -0.2) is 0 Å². The van der Waals surface area contributed by atoms with Crippen LogP contribution >= 0.6 is 24.0 Å². The molecule has 0 radical (unpaired) electrons. The smallest absolute Gasteiger partial charge is 0.270 e. The molecule has 0 aliphatic carbocycles. The Balaban J connectivity index is 1.98. The molecule has 126 valence electrons. The number of methoxy groups -OCH3 is 1. The number of thioether (sulfide) groups is 1. The lowest BCUT2D eigenvalue weighted by Gasteiger charge is -2.15. The number of carbonyl (C=O) groups is 2. The number of aromatic carboxylic acids is 1. The van der Waals surface area contributed by atoms with Gasteiger partial charge in [0.1, 0.15) is 5.75 Å². The summed E-state index contributed by atoms with van der Waals surface area (Å²) in [5, 5.41) is 11.2. The lowest BCUT2D eigenvalue weighted by Crippen LogP contribution is -2.27. The topological polar surface area (TPSA) is 69.7 Å². The van der Waals surface area contributed by atoms with Crippen LogP contribution < -0.4 is 14.7 Å². The van der Waals surface area contributed by atoms with E-state index in [9.17, 15) is 14.7 Å². The van der Waals surface area contributed by atoms with Gasteiger partial charge in [0.05, 0.1) is 23.7 Å². The Kier molecular flexibility index (Phi) is 4.87. The lowest BCUT2D eigenvalue weighted by atomic mass is 10.1. The Morgan fingerprint density at radius 2 is 2.00 bits per heavy atom. The zero-order valence-corrected chi connectivity index (χ0v) is 14.7. The van der Waals surface area contributed by atoms with Gasteiger partial charge < -0.3 is 14.6 Å². The Morgan fingerprint density at radius 3 is 2.72 bits per heavy atom. The van der Waals surface area contributed by atoms with Crippen LogP contribution in [-0.4, -0.2) is 23.3 Å². The van der Waals surface area contributed by atoms with Crippen molar-refractivity contribution in [1.29, 1.82) is 0 Å². The number of carbonyl (C=O) groups excluding carboxylic acids is 2. The van der Waals surface area contributed by atoms with Gasteiger partial charge in [0.2, 0.25) is 0 Å². The standard InChI is InChI=1S/C18H13NO4S2/c1-23-13-7-4-6-12(10-13)19-16(20)15(25-18(19)24)9-11-5-2-3-8-14(11)17(21)22/h2-10H,1H3,(H,21,22)/p-1/b15-9-. The van der Waals surface area contributed by atoms with Crippen LogP contribution in [-0.2, 0) is 4.79 Å². The number of benzene rings is 2. The molecule has 25 heavy (non-hydrogen) atoms. The van der Waals surface area contributed by atoms with E-state index in [1.54, 1.807) is 49.6 Å². The normalized spacial score (nSPS) is 15.7. The second-order valence-electron chi connectivity index (χ2n) is 5.09. The number of rotatable bonds is 4. The number of amides is 1. The van der Waals surface area contributed by atoms with Gasteiger partial charge in [-0.1, -0.05) is 54.3 Å². The molecule has 7 heteroatoms. The van der Waals surface area contributed by atoms with Crippen molar-refractivity contribution in [1.82, 2.24) is 0 Å². The predicted molar refractivity (Wildman–Crippen MR) is 99.4 cm³/mol. The van der Waals surface area contributed by atoms with Crippen LogP contribution in [0.15, 0.2) is 53.4 Å². The van der Waals surface area contributed by atoms with Gasteiger partial charge in [-0.05, 0) is 23.8 Å². The largest absolute Gasteiger partial charge is 0.545 e. The maximum atomic E-state index is 12.7. The molecule has 0 unspecified atom stereocenters. The van der Waals surface area contributed by atoms with Crippen LogP contribution in [0.2, 0.25) is 0 Å². The molecule has 2 aromatic carbocycles. The summed E-state index contributed by atoms with van der Waals surface area (Å²) >= 11 is 6.43. The van der Waals surface area contributed by atoms with Crippen molar-refractivity contribution in [3.05, 3.63) is 64.6 Å². The number of thiocarbonyl (C=S) groups is 1. The van der Waals surface area contributed by atoms with Crippen LogP contribution in [0, 0.1) is 0 Å². The molecule has 2 aromatic rings. The summed E-state index contributed by atoms with van der Waals surface area (Å²) < 4.78 is 5.55. The second kappa shape index (κ2) is 7.08. The third-order valence-electron chi connectivity index (χ3n) is 3.57. The number of carboxylic acids is 1. The van der Waals surface area contributed by atoms with Gasteiger partial charge in [0, 0.05) is 11.6 Å². The highest BCUT2D eigenvalue weighted by molar-refractivity contribution is 8.27. The maximum Gasteiger partial charge on any atom is 0.270 e. The fourth-order valence-corrected chi connectivity index (χ4v) is 3.68. The van der Waals surface area contributed by atoms with Crippen molar-refractivity contribution < 1.29 is 19.4 Å². The molecule has 1 saturated heterocycles. The number of hydrogen-bond acceptors (Lipinski definition) is 6. The van der Waals surface area contributed by atoms with Crippen molar-refractivity contribution in [3.63, 3.8) is 0 Å². The van der Waals surface area contributed by atoms with E-state index in [0.717, 1.165) is 11.8 Å². The quantitative estimate of drug-likeness (QED) is 0.608.